The molecule has 0 aromatic carbocycles. The number of amides is 1. The molecule has 0 aliphatic heterocycles. The summed E-state index contributed by atoms with van der Waals surface area (Å²) in [7, 11) is 0. The molecule has 1 aliphatic carbocycles. The van der Waals surface area contributed by atoms with Crippen LogP contribution in [0.5, 0.6) is 0 Å². The number of carbonyl (C=O) groups excluding carboxylic acids is 1. The van der Waals surface area contributed by atoms with Gasteiger partial charge in [0.05, 0.1) is 0 Å². The highest BCUT2D eigenvalue weighted by atomic mass is 16.1. The van der Waals surface area contributed by atoms with Crippen LogP contribution in [0.4, 0.5) is 0 Å². The average Bonchev–Trinajstić information content (AvgIpc) is 2.23. The van der Waals surface area contributed by atoms with Crippen LogP contribution in [0, 0.1) is 5.41 Å². The van der Waals surface area contributed by atoms with Gasteiger partial charge in [-0.15, -0.1) is 0 Å². The minimum Gasteiger partial charge on any atom is -0.351 e. The Kier molecular flexibility index (Phi) is 4.36. The van der Waals surface area contributed by atoms with Crippen LogP contribution >= 0.6 is 0 Å². The lowest BCUT2D eigenvalue weighted by Gasteiger charge is -2.41. The number of hydrogen-bond acceptors (Lipinski definition) is 2. The molecule has 0 bridgehead atoms. The van der Waals surface area contributed by atoms with E-state index < -0.39 is 0 Å². The molecule has 1 rings (SSSR count). The Labute approximate surface area is 99.2 Å². The van der Waals surface area contributed by atoms with E-state index in [1.165, 1.54) is 6.42 Å². The minimum atomic E-state index is -0.0450. The van der Waals surface area contributed by atoms with Crippen LogP contribution in [0.3, 0.4) is 0 Å². The van der Waals surface area contributed by atoms with Crippen molar-refractivity contribution in [3.05, 3.63) is 0 Å². The monoisotopic (exact) mass is 226 g/mol. The first-order valence-electron chi connectivity index (χ1n) is 6.50. The van der Waals surface area contributed by atoms with Crippen molar-refractivity contribution in [1.82, 2.24) is 5.32 Å². The van der Waals surface area contributed by atoms with Crippen molar-refractivity contribution in [2.45, 2.75) is 64.8 Å². The molecule has 1 amide bonds. The summed E-state index contributed by atoms with van der Waals surface area (Å²) in [6, 6.07) is 0. The van der Waals surface area contributed by atoms with Crippen molar-refractivity contribution in [2.24, 2.45) is 11.1 Å². The molecule has 3 heteroatoms. The molecule has 0 aromatic rings. The van der Waals surface area contributed by atoms with Gasteiger partial charge in [-0.25, -0.2) is 0 Å². The van der Waals surface area contributed by atoms with E-state index in [4.69, 9.17) is 5.73 Å². The van der Waals surface area contributed by atoms with E-state index in [9.17, 15) is 4.79 Å². The molecule has 1 aliphatic rings. The first-order valence-corrected chi connectivity index (χ1v) is 6.50. The van der Waals surface area contributed by atoms with Crippen molar-refractivity contribution in [1.29, 1.82) is 0 Å². The predicted octanol–water partition coefficient (Wildman–Crippen LogP) is 2.20. The van der Waals surface area contributed by atoms with Gasteiger partial charge in [0.15, 0.2) is 0 Å². The summed E-state index contributed by atoms with van der Waals surface area (Å²) in [4.78, 5) is 12.0. The SMILES string of the molecule is CCC(C)(CC)NC(=O)CC1(CN)CCC1. The van der Waals surface area contributed by atoms with Crippen molar-refractivity contribution in [3.8, 4) is 0 Å². The third-order valence-electron chi connectivity index (χ3n) is 4.38. The molecule has 0 radical (unpaired) electrons. The summed E-state index contributed by atoms with van der Waals surface area (Å²) in [5.41, 5.74) is 5.84. The number of carbonyl (C=O) groups is 1. The topological polar surface area (TPSA) is 55.1 Å². The Morgan fingerprint density at radius 1 is 1.38 bits per heavy atom. The average molecular weight is 226 g/mol. The van der Waals surface area contributed by atoms with Gasteiger partial charge in [0.2, 0.25) is 5.91 Å². The Bertz CT molecular complexity index is 220. The highest BCUT2D eigenvalue weighted by Gasteiger charge is 2.38. The van der Waals surface area contributed by atoms with Gasteiger partial charge in [-0.1, -0.05) is 20.3 Å². The standard InChI is InChI=1S/C13H26N2O/c1-4-12(3,5-2)15-11(16)9-13(10-14)7-6-8-13/h4-10,14H2,1-3H3,(H,15,16). The van der Waals surface area contributed by atoms with Crippen LogP contribution in [0.2, 0.25) is 0 Å². The molecule has 3 nitrogen and oxygen atoms in total. The van der Waals surface area contributed by atoms with Gasteiger partial charge >= 0.3 is 0 Å². The van der Waals surface area contributed by atoms with Gasteiger partial charge in [0, 0.05) is 12.0 Å². The maximum atomic E-state index is 12.0. The molecule has 0 atom stereocenters. The Morgan fingerprint density at radius 3 is 2.25 bits per heavy atom. The summed E-state index contributed by atoms with van der Waals surface area (Å²) in [5.74, 6) is 0.177. The largest absolute Gasteiger partial charge is 0.351 e. The van der Waals surface area contributed by atoms with E-state index in [0.717, 1.165) is 25.7 Å². The minimum absolute atomic E-state index is 0.0450. The summed E-state index contributed by atoms with van der Waals surface area (Å²) in [6.45, 7) is 6.99. The Hall–Kier alpha value is -0.570. The molecule has 0 saturated heterocycles. The van der Waals surface area contributed by atoms with Crippen LogP contribution in [0.15, 0.2) is 0 Å². The molecule has 0 spiro atoms. The van der Waals surface area contributed by atoms with E-state index in [1.807, 2.05) is 0 Å². The second-order valence-corrected chi connectivity index (χ2v) is 5.55. The van der Waals surface area contributed by atoms with Crippen molar-refractivity contribution in [2.75, 3.05) is 6.54 Å². The van der Waals surface area contributed by atoms with Crippen molar-refractivity contribution in [3.63, 3.8) is 0 Å². The predicted molar refractivity (Wildman–Crippen MR) is 67.1 cm³/mol. The first kappa shape index (κ1) is 13.5. The fourth-order valence-corrected chi connectivity index (χ4v) is 2.28. The zero-order valence-electron chi connectivity index (χ0n) is 10.9. The molecule has 16 heavy (non-hydrogen) atoms. The smallest absolute Gasteiger partial charge is 0.221 e. The second kappa shape index (κ2) is 5.17. The summed E-state index contributed by atoms with van der Waals surface area (Å²) in [6.07, 6.45) is 6.02. The molecule has 3 N–H and O–H groups in total. The maximum absolute atomic E-state index is 12.0. The van der Waals surface area contributed by atoms with E-state index in [-0.39, 0.29) is 16.9 Å². The molecule has 1 fully saturated rings. The van der Waals surface area contributed by atoms with E-state index in [2.05, 4.69) is 26.1 Å². The van der Waals surface area contributed by atoms with Crippen LogP contribution < -0.4 is 11.1 Å². The zero-order chi connectivity index (χ0) is 12.2. The van der Waals surface area contributed by atoms with E-state index >= 15 is 0 Å². The molecule has 1 saturated carbocycles. The molecule has 0 aromatic heterocycles. The summed E-state index contributed by atoms with van der Waals surface area (Å²) >= 11 is 0. The maximum Gasteiger partial charge on any atom is 0.221 e. The molecular weight excluding hydrogens is 200 g/mol. The zero-order valence-corrected chi connectivity index (χ0v) is 10.9. The number of nitrogens with one attached hydrogen (secondary N) is 1. The number of nitrogens with two attached hydrogens (primary N) is 1. The Morgan fingerprint density at radius 2 is 1.94 bits per heavy atom. The molecule has 0 heterocycles. The van der Waals surface area contributed by atoms with E-state index in [0.29, 0.717) is 13.0 Å². The lowest BCUT2D eigenvalue weighted by Crippen LogP contribution is -2.49. The quantitative estimate of drug-likeness (QED) is 0.729. The van der Waals surface area contributed by atoms with Crippen molar-refractivity contribution < 1.29 is 4.79 Å². The van der Waals surface area contributed by atoms with Gasteiger partial charge in [0.1, 0.15) is 0 Å². The second-order valence-electron chi connectivity index (χ2n) is 5.55. The van der Waals surface area contributed by atoms with Gasteiger partial charge in [-0.05, 0) is 44.6 Å². The van der Waals surface area contributed by atoms with Gasteiger partial charge < -0.3 is 11.1 Å². The van der Waals surface area contributed by atoms with Crippen LogP contribution in [-0.4, -0.2) is 18.0 Å². The molecule has 94 valence electrons. The van der Waals surface area contributed by atoms with Gasteiger partial charge in [-0.2, -0.15) is 0 Å². The van der Waals surface area contributed by atoms with Crippen LogP contribution in [0.1, 0.15) is 59.3 Å². The van der Waals surface area contributed by atoms with Crippen molar-refractivity contribution >= 4 is 5.91 Å². The normalized spacial score (nSPS) is 19.0. The molecular formula is C13H26N2O. The lowest BCUT2D eigenvalue weighted by atomic mass is 9.66. The summed E-state index contributed by atoms with van der Waals surface area (Å²) in [5, 5.41) is 3.16. The fraction of sp³-hybridized carbons (Fsp3) is 0.923. The number of rotatable bonds is 6. The van der Waals surface area contributed by atoms with Gasteiger partial charge in [-0.3, -0.25) is 4.79 Å². The van der Waals surface area contributed by atoms with Crippen LogP contribution in [-0.2, 0) is 4.79 Å². The summed E-state index contributed by atoms with van der Waals surface area (Å²) < 4.78 is 0. The van der Waals surface area contributed by atoms with Crippen LogP contribution in [0.25, 0.3) is 0 Å². The third kappa shape index (κ3) is 2.97. The van der Waals surface area contributed by atoms with Gasteiger partial charge in [0.25, 0.3) is 0 Å². The van der Waals surface area contributed by atoms with E-state index in [1.54, 1.807) is 0 Å². The highest BCUT2D eigenvalue weighted by molar-refractivity contribution is 5.77. The third-order valence-corrected chi connectivity index (χ3v) is 4.38. The molecule has 0 unspecified atom stereocenters. The first-order chi connectivity index (χ1) is 7.49. The number of hydrogen-bond donors (Lipinski definition) is 2. The lowest BCUT2D eigenvalue weighted by molar-refractivity contribution is -0.126. The Balaban J connectivity index is 2.46. The fourth-order valence-electron chi connectivity index (χ4n) is 2.28. The highest BCUT2D eigenvalue weighted by Crippen LogP contribution is 2.42.